The number of rotatable bonds is 11. The van der Waals surface area contributed by atoms with E-state index in [4.69, 9.17) is 11.2 Å². The molecule has 0 radical (unpaired) electrons. The van der Waals surface area contributed by atoms with Gasteiger partial charge in [0.2, 0.25) is 5.91 Å². The molecule has 0 bridgehead atoms. The third-order valence-corrected chi connectivity index (χ3v) is 3.75. The summed E-state index contributed by atoms with van der Waals surface area (Å²) in [6.45, 7) is -0.0667. The van der Waals surface area contributed by atoms with Crippen LogP contribution in [0, 0.1) is 12.3 Å². The van der Waals surface area contributed by atoms with Gasteiger partial charge in [-0.3, -0.25) is 4.79 Å². The fraction of sp³-hybridized carbons (Fsp3) is 0.450. The van der Waals surface area contributed by atoms with Crippen LogP contribution in [0.15, 0.2) is 30.3 Å². The van der Waals surface area contributed by atoms with E-state index >= 15 is 0 Å². The Morgan fingerprint density at radius 3 is 2.61 bits per heavy atom. The first-order valence-electron chi connectivity index (χ1n) is 8.89. The standard InChI is InChI=1S/C20H26N2O6/c1-3-4-6-11-17(19(25)27-2)22-18(24)12-16(23)13-21-20(26)28-14-15-9-7-5-8-10-15/h1,5,7-10,16-17,23H,4,6,11-14H2,2H3,(H,21,26)(H,22,24)/t16-,17-/m0/s1. The third-order valence-electron chi connectivity index (χ3n) is 3.75. The van der Waals surface area contributed by atoms with E-state index < -0.39 is 30.1 Å². The van der Waals surface area contributed by atoms with Crippen LogP contribution in [-0.2, 0) is 25.7 Å². The smallest absolute Gasteiger partial charge is 0.407 e. The molecule has 0 aliphatic carbocycles. The number of esters is 1. The second kappa shape index (κ2) is 13.2. The van der Waals surface area contributed by atoms with E-state index in [2.05, 4.69) is 21.3 Å². The number of hydrogen-bond acceptors (Lipinski definition) is 6. The highest BCUT2D eigenvalue weighted by atomic mass is 16.5. The van der Waals surface area contributed by atoms with Crippen LogP contribution in [0.1, 0.15) is 31.2 Å². The zero-order valence-corrected chi connectivity index (χ0v) is 15.8. The summed E-state index contributed by atoms with van der Waals surface area (Å²) in [5, 5.41) is 14.8. The number of ether oxygens (including phenoxy) is 2. The van der Waals surface area contributed by atoms with Crippen molar-refractivity contribution in [1.82, 2.24) is 10.6 Å². The van der Waals surface area contributed by atoms with E-state index in [1.54, 1.807) is 0 Å². The Kier molecular flexibility index (Phi) is 10.8. The van der Waals surface area contributed by atoms with Gasteiger partial charge in [-0.1, -0.05) is 30.3 Å². The fourth-order valence-corrected chi connectivity index (χ4v) is 2.31. The number of alkyl carbamates (subject to hydrolysis) is 1. The average molecular weight is 390 g/mol. The molecule has 152 valence electrons. The minimum absolute atomic E-state index is 0.0989. The quantitative estimate of drug-likeness (QED) is 0.296. The van der Waals surface area contributed by atoms with Crippen LogP contribution in [0.25, 0.3) is 0 Å². The van der Waals surface area contributed by atoms with E-state index in [0.717, 1.165) is 5.56 Å². The lowest BCUT2D eigenvalue weighted by atomic mass is 10.1. The van der Waals surface area contributed by atoms with Gasteiger partial charge in [-0.15, -0.1) is 12.3 Å². The van der Waals surface area contributed by atoms with Crippen molar-refractivity contribution in [2.45, 2.75) is 44.4 Å². The van der Waals surface area contributed by atoms with Gasteiger partial charge in [0.15, 0.2) is 0 Å². The van der Waals surface area contributed by atoms with E-state index in [0.29, 0.717) is 19.3 Å². The molecule has 8 heteroatoms. The van der Waals surface area contributed by atoms with Crippen LogP contribution in [0.5, 0.6) is 0 Å². The van der Waals surface area contributed by atoms with Crippen LogP contribution in [0.2, 0.25) is 0 Å². The zero-order chi connectivity index (χ0) is 20.8. The van der Waals surface area contributed by atoms with Gasteiger partial charge in [-0.25, -0.2) is 9.59 Å². The lowest BCUT2D eigenvalue weighted by Crippen LogP contribution is -2.43. The maximum atomic E-state index is 12.0. The number of amides is 2. The molecular formula is C20H26N2O6. The van der Waals surface area contributed by atoms with Crippen molar-refractivity contribution < 1.29 is 29.0 Å². The number of methoxy groups -OCH3 is 1. The molecule has 3 N–H and O–H groups in total. The number of unbranched alkanes of at least 4 members (excludes halogenated alkanes) is 1. The Morgan fingerprint density at radius 2 is 1.96 bits per heavy atom. The second-order valence-electron chi connectivity index (χ2n) is 6.04. The van der Waals surface area contributed by atoms with Crippen LogP contribution in [0.4, 0.5) is 4.79 Å². The molecule has 0 fully saturated rings. The number of benzene rings is 1. The third kappa shape index (κ3) is 9.59. The van der Waals surface area contributed by atoms with Crippen molar-refractivity contribution in [2.24, 2.45) is 0 Å². The molecule has 0 aliphatic rings. The van der Waals surface area contributed by atoms with Crippen molar-refractivity contribution in [3.8, 4) is 12.3 Å². The van der Waals surface area contributed by atoms with Gasteiger partial charge in [0.25, 0.3) is 0 Å². The minimum atomic E-state index is -1.13. The van der Waals surface area contributed by atoms with Gasteiger partial charge in [0, 0.05) is 13.0 Å². The topological polar surface area (TPSA) is 114 Å². The lowest BCUT2D eigenvalue weighted by Gasteiger charge is -2.17. The molecule has 0 unspecified atom stereocenters. The number of hydrogen-bond donors (Lipinski definition) is 3. The minimum Gasteiger partial charge on any atom is -0.467 e. The van der Waals surface area contributed by atoms with Crippen molar-refractivity contribution in [2.75, 3.05) is 13.7 Å². The fourth-order valence-electron chi connectivity index (χ4n) is 2.31. The average Bonchev–Trinajstić information content (AvgIpc) is 2.70. The Labute approximate surface area is 164 Å². The van der Waals surface area contributed by atoms with Gasteiger partial charge < -0.3 is 25.2 Å². The normalized spacial score (nSPS) is 12.2. The van der Waals surface area contributed by atoms with Gasteiger partial charge in [-0.2, -0.15) is 0 Å². The SMILES string of the molecule is C#CCCC[C@H](NC(=O)C[C@H](O)CNC(=O)OCc1ccccc1)C(=O)OC. The van der Waals surface area contributed by atoms with Gasteiger partial charge in [0.05, 0.1) is 19.6 Å². The maximum absolute atomic E-state index is 12.0. The summed E-state index contributed by atoms with van der Waals surface area (Å²) in [6.07, 6.45) is 4.41. The van der Waals surface area contributed by atoms with Gasteiger partial charge in [0.1, 0.15) is 12.6 Å². The molecule has 1 aromatic rings. The molecule has 0 saturated heterocycles. The largest absolute Gasteiger partial charge is 0.467 e. The molecule has 2 atom stereocenters. The maximum Gasteiger partial charge on any atom is 0.407 e. The van der Waals surface area contributed by atoms with Crippen molar-refractivity contribution in [3.63, 3.8) is 0 Å². The van der Waals surface area contributed by atoms with E-state index in [1.807, 2.05) is 30.3 Å². The van der Waals surface area contributed by atoms with Crippen molar-refractivity contribution in [3.05, 3.63) is 35.9 Å². The molecule has 0 heterocycles. The number of carbonyl (C=O) groups excluding carboxylic acids is 3. The summed E-state index contributed by atoms with van der Waals surface area (Å²) < 4.78 is 9.66. The molecule has 0 aromatic heterocycles. The number of nitrogens with one attached hydrogen (secondary N) is 2. The summed E-state index contributed by atoms with van der Waals surface area (Å²) in [6, 6.07) is 8.30. The summed E-state index contributed by atoms with van der Waals surface area (Å²) in [7, 11) is 1.22. The second-order valence-corrected chi connectivity index (χ2v) is 6.04. The van der Waals surface area contributed by atoms with E-state index in [1.165, 1.54) is 7.11 Å². The number of aliphatic hydroxyl groups is 1. The number of terminal acetylenes is 1. The molecule has 0 spiro atoms. The first kappa shape index (κ1) is 23.0. The van der Waals surface area contributed by atoms with Crippen LogP contribution in [-0.4, -0.2) is 48.9 Å². The Balaban J connectivity index is 2.32. The van der Waals surface area contributed by atoms with Gasteiger partial charge >= 0.3 is 12.1 Å². The van der Waals surface area contributed by atoms with E-state index in [9.17, 15) is 19.5 Å². The Morgan fingerprint density at radius 1 is 1.25 bits per heavy atom. The predicted molar refractivity (Wildman–Crippen MR) is 102 cm³/mol. The monoisotopic (exact) mass is 390 g/mol. The van der Waals surface area contributed by atoms with Gasteiger partial charge in [-0.05, 0) is 18.4 Å². The van der Waals surface area contributed by atoms with Crippen LogP contribution >= 0.6 is 0 Å². The lowest BCUT2D eigenvalue weighted by molar-refractivity contribution is -0.145. The van der Waals surface area contributed by atoms with Crippen molar-refractivity contribution >= 4 is 18.0 Å². The molecule has 28 heavy (non-hydrogen) atoms. The van der Waals surface area contributed by atoms with Crippen molar-refractivity contribution in [1.29, 1.82) is 0 Å². The zero-order valence-electron chi connectivity index (χ0n) is 15.8. The highest BCUT2D eigenvalue weighted by Gasteiger charge is 2.22. The summed E-state index contributed by atoms with van der Waals surface area (Å²) in [5.41, 5.74) is 0.830. The number of carbonyl (C=O) groups is 3. The Hall–Kier alpha value is -3.05. The molecule has 0 saturated carbocycles. The number of aliphatic hydroxyl groups excluding tert-OH is 1. The predicted octanol–water partition coefficient (Wildman–Crippen LogP) is 1.13. The van der Waals surface area contributed by atoms with Crippen LogP contribution in [0.3, 0.4) is 0 Å². The highest BCUT2D eigenvalue weighted by Crippen LogP contribution is 2.04. The molecule has 1 aromatic carbocycles. The Bertz CT molecular complexity index is 671. The first-order valence-corrected chi connectivity index (χ1v) is 8.89. The summed E-state index contributed by atoms with van der Waals surface area (Å²) in [5.74, 6) is 1.34. The molecule has 1 rings (SSSR count). The molecule has 0 aliphatic heterocycles. The highest BCUT2D eigenvalue weighted by molar-refractivity contribution is 5.84. The summed E-state index contributed by atoms with van der Waals surface area (Å²) in [4.78, 5) is 35.4. The van der Waals surface area contributed by atoms with Crippen LogP contribution < -0.4 is 10.6 Å². The summed E-state index contributed by atoms with van der Waals surface area (Å²) >= 11 is 0. The molecule has 2 amide bonds. The molecular weight excluding hydrogens is 364 g/mol. The molecule has 8 nitrogen and oxygen atoms in total. The first-order chi connectivity index (χ1) is 13.5. The van der Waals surface area contributed by atoms with E-state index in [-0.39, 0.29) is 19.6 Å².